The van der Waals surface area contributed by atoms with Gasteiger partial charge in [0.2, 0.25) is 10.0 Å². The molecule has 2 aromatic rings. The number of nitrogens with zero attached hydrogens (tertiary/aromatic N) is 3. The summed E-state index contributed by atoms with van der Waals surface area (Å²) in [5, 5.41) is 0. The second-order valence-corrected chi connectivity index (χ2v) is 9.37. The van der Waals surface area contributed by atoms with Gasteiger partial charge in [0.1, 0.15) is 5.69 Å². The van der Waals surface area contributed by atoms with Crippen LogP contribution in [0.15, 0.2) is 47.5 Å². The molecule has 31 heavy (non-hydrogen) atoms. The summed E-state index contributed by atoms with van der Waals surface area (Å²) in [6, 6.07) is 9.81. The van der Waals surface area contributed by atoms with E-state index < -0.39 is 10.0 Å². The molecule has 0 radical (unpaired) electrons. The number of esters is 1. The number of sulfonamides is 1. The predicted molar refractivity (Wildman–Crippen MR) is 116 cm³/mol. The average Bonchev–Trinajstić information content (AvgIpc) is 3.29. The Balaban J connectivity index is 1.66. The molecule has 0 aliphatic carbocycles. The van der Waals surface area contributed by atoms with E-state index in [9.17, 15) is 18.0 Å². The van der Waals surface area contributed by atoms with Crippen LogP contribution in [0.5, 0.6) is 0 Å². The average molecular weight is 448 g/mol. The molecule has 1 aliphatic heterocycles. The highest BCUT2D eigenvalue weighted by atomic mass is 32.2. The van der Waals surface area contributed by atoms with Crippen molar-refractivity contribution < 1.29 is 22.7 Å². The fourth-order valence-electron chi connectivity index (χ4n) is 4.00. The zero-order chi connectivity index (χ0) is 22.6. The third kappa shape index (κ3) is 4.67. The fraction of sp³-hybridized carbons (Fsp3) is 0.455. The predicted octanol–water partition coefficient (Wildman–Crippen LogP) is 2.78. The van der Waals surface area contributed by atoms with Gasteiger partial charge >= 0.3 is 5.97 Å². The van der Waals surface area contributed by atoms with Crippen LogP contribution < -0.4 is 0 Å². The van der Waals surface area contributed by atoms with Gasteiger partial charge in [-0.1, -0.05) is 13.8 Å². The number of amides is 1. The Bertz CT molecular complexity index is 1020. The van der Waals surface area contributed by atoms with Crippen LogP contribution in [0, 0.1) is 0 Å². The molecule has 0 unspecified atom stereocenters. The van der Waals surface area contributed by atoms with Crippen LogP contribution in [-0.2, 0) is 14.8 Å². The molecule has 1 saturated heterocycles. The minimum Gasteiger partial charge on any atom is -0.464 e. The van der Waals surface area contributed by atoms with Gasteiger partial charge in [0.05, 0.1) is 12.0 Å². The van der Waals surface area contributed by atoms with Gasteiger partial charge in [0.25, 0.3) is 5.91 Å². The van der Waals surface area contributed by atoms with Gasteiger partial charge in [0, 0.05) is 44.0 Å². The second kappa shape index (κ2) is 9.65. The lowest BCUT2D eigenvalue weighted by atomic mass is 10.0. The van der Waals surface area contributed by atoms with Gasteiger partial charge in [0.15, 0.2) is 0 Å². The van der Waals surface area contributed by atoms with Crippen molar-refractivity contribution in [3.8, 4) is 0 Å². The molecule has 168 valence electrons. The monoisotopic (exact) mass is 447 g/mol. The van der Waals surface area contributed by atoms with E-state index >= 15 is 0 Å². The van der Waals surface area contributed by atoms with Gasteiger partial charge in [-0.05, 0) is 49.2 Å². The van der Waals surface area contributed by atoms with Crippen molar-refractivity contribution in [2.24, 2.45) is 0 Å². The van der Waals surface area contributed by atoms with Crippen LogP contribution in [0.3, 0.4) is 0 Å². The van der Waals surface area contributed by atoms with Crippen LogP contribution in [0.2, 0.25) is 0 Å². The van der Waals surface area contributed by atoms with E-state index in [2.05, 4.69) is 0 Å². The number of likely N-dealkylation sites (tertiary alicyclic amines) is 1. The summed E-state index contributed by atoms with van der Waals surface area (Å²) in [5.74, 6) is -0.491. The maximum Gasteiger partial charge on any atom is 0.354 e. The summed E-state index contributed by atoms with van der Waals surface area (Å²) < 4.78 is 33.4. The summed E-state index contributed by atoms with van der Waals surface area (Å²) in [4.78, 5) is 26.8. The van der Waals surface area contributed by atoms with E-state index in [1.54, 1.807) is 36.9 Å². The summed E-state index contributed by atoms with van der Waals surface area (Å²) in [6.07, 6.45) is 3.31. The first-order valence-electron chi connectivity index (χ1n) is 10.5. The van der Waals surface area contributed by atoms with Gasteiger partial charge in [-0.3, -0.25) is 4.79 Å². The first-order valence-corrected chi connectivity index (χ1v) is 11.9. The van der Waals surface area contributed by atoms with Gasteiger partial charge in [-0.2, -0.15) is 4.31 Å². The molecule has 0 spiro atoms. The molecule has 1 fully saturated rings. The number of carbonyl (C=O) groups is 2. The molecule has 1 aromatic heterocycles. The molecular formula is C22H29N3O5S. The van der Waals surface area contributed by atoms with Crippen LogP contribution in [0.1, 0.15) is 53.6 Å². The van der Waals surface area contributed by atoms with Crippen molar-refractivity contribution in [2.45, 2.75) is 37.6 Å². The molecule has 0 atom stereocenters. The van der Waals surface area contributed by atoms with Crippen molar-refractivity contribution in [3.05, 3.63) is 53.9 Å². The van der Waals surface area contributed by atoms with Crippen LogP contribution in [-0.4, -0.2) is 67.4 Å². The molecule has 0 N–H and O–H groups in total. The van der Waals surface area contributed by atoms with Crippen molar-refractivity contribution in [3.63, 3.8) is 0 Å². The third-order valence-electron chi connectivity index (χ3n) is 5.76. The topological polar surface area (TPSA) is 88.9 Å². The van der Waals surface area contributed by atoms with Crippen molar-refractivity contribution in [1.29, 1.82) is 0 Å². The minimum absolute atomic E-state index is 0.120. The highest BCUT2D eigenvalue weighted by Gasteiger charge is 2.27. The molecule has 0 saturated carbocycles. The molecule has 2 heterocycles. The second-order valence-electron chi connectivity index (χ2n) is 7.43. The Hall–Kier alpha value is -2.65. The van der Waals surface area contributed by atoms with Crippen LogP contribution >= 0.6 is 0 Å². The number of carbonyl (C=O) groups excluding carboxylic acids is 2. The zero-order valence-corrected chi connectivity index (χ0v) is 19.0. The highest BCUT2D eigenvalue weighted by molar-refractivity contribution is 7.89. The fourth-order valence-corrected chi connectivity index (χ4v) is 5.46. The standard InChI is InChI=1S/C22H29N3O5S/c1-4-24(5-2)31(28,29)19-10-8-17(9-11-19)21(26)23-15-12-18(13-16-23)25-14-6-7-20(25)22(27)30-3/h6-11,14,18H,4-5,12-13,15-16H2,1-3H3. The largest absolute Gasteiger partial charge is 0.464 e. The highest BCUT2D eigenvalue weighted by Crippen LogP contribution is 2.26. The third-order valence-corrected chi connectivity index (χ3v) is 7.83. The molecule has 8 nitrogen and oxygen atoms in total. The van der Waals surface area contributed by atoms with Crippen molar-refractivity contribution >= 4 is 21.9 Å². The first-order chi connectivity index (χ1) is 14.8. The molecule has 0 bridgehead atoms. The number of methoxy groups -OCH3 is 1. The van der Waals surface area contributed by atoms with E-state index in [0.29, 0.717) is 37.4 Å². The Morgan fingerprint density at radius 2 is 1.68 bits per heavy atom. The number of rotatable bonds is 7. The van der Waals surface area contributed by atoms with Crippen LogP contribution in [0.25, 0.3) is 0 Å². The van der Waals surface area contributed by atoms with E-state index in [4.69, 9.17) is 4.74 Å². The molecule has 1 amide bonds. The van der Waals surface area contributed by atoms with E-state index in [1.165, 1.54) is 23.5 Å². The summed E-state index contributed by atoms with van der Waals surface area (Å²) in [5.41, 5.74) is 0.977. The number of piperidine rings is 1. The number of ether oxygens (including phenoxy) is 1. The Labute approximate surface area is 183 Å². The lowest BCUT2D eigenvalue weighted by Crippen LogP contribution is -2.39. The number of benzene rings is 1. The Morgan fingerprint density at radius 1 is 1.06 bits per heavy atom. The van der Waals surface area contributed by atoms with E-state index in [1.807, 2.05) is 16.8 Å². The van der Waals surface area contributed by atoms with E-state index in [-0.39, 0.29) is 22.8 Å². The molecule has 9 heteroatoms. The lowest BCUT2D eigenvalue weighted by Gasteiger charge is -2.33. The smallest absolute Gasteiger partial charge is 0.354 e. The molecule has 1 aromatic carbocycles. The zero-order valence-electron chi connectivity index (χ0n) is 18.2. The lowest BCUT2D eigenvalue weighted by molar-refractivity contribution is 0.0573. The number of hydrogen-bond donors (Lipinski definition) is 0. The number of hydrogen-bond acceptors (Lipinski definition) is 5. The summed E-state index contributed by atoms with van der Waals surface area (Å²) in [7, 11) is -2.19. The maximum absolute atomic E-state index is 12.9. The normalized spacial score (nSPS) is 15.3. The Kier molecular flexibility index (Phi) is 7.17. The molecule has 1 aliphatic rings. The molecular weight excluding hydrogens is 418 g/mol. The number of aromatic nitrogens is 1. The van der Waals surface area contributed by atoms with Crippen molar-refractivity contribution in [2.75, 3.05) is 33.3 Å². The van der Waals surface area contributed by atoms with Crippen molar-refractivity contribution in [1.82, 2.24) is 13.8 Å². The first kappa shape index (κ1) is 23.0. The molecule has 3 rings (SSSR count). The maximum atomic E-state index is 12.9. The summed E-state index contributed by atoms with van der Waals surface area (Å²) >= 11 is 0. The van der Waals surface area contributed by atoms with Crippen LogP contribution in [0.4, 0.5) is 0 Å². The van der Waals surface area contributed by atoms with E-state index in [0.717, 1.165) is 12.8 Å². The van der Waals surface area contributed by atoms with Gasteiger partial charge in [-0.25, -0.2) is 13.2 Å². The minimum atomic E-state index is -3.55. The summed E-state index contributed by atoms with van der Waals surface area (Å²) in [6.45, 7) is 5.50. The Morgan fingerprint density at radius 3 is 2.23 bits per heavy atom. The quantitative estimate of drug-likeness (QED) is 0.609. The van der Waals surface area contributed by atoms with Gasteiger partial charge < -0.3 is 14.2 Å². The SMILES string of the molecule is CCN(CC)S(=O)(=O)c1ccc(C(=O)N2CCC(n3cccc3C(=O)OC)CC2)cc1. The van der Waals surface area contributed by atoms with Gasteiger partial charge in [-0.15, -0.1) is 0 Å².